The van der Waals surface area contributed by atoms with Crippen molar-refractivity contribution in [2.24, 2.45) is 0 Å². The molecule has 0 aromatic carbocycles. The zero-order chi connectivity index (χ0) is 9.84. The van der Waals surface area contributed by atoms with Crippen molar-refractivity contribution in [1.29, 1.82) is 0 Å². The van der Waals surface area contributed by atoms with Crippen LogP contribution in [0.3, 0.4) is 0 Å². The summed E-state index contributed by atoms with van der Waals surface area (Å²) in [5, 5.41) is 0. The van der Waals surface area contributed by atoms with Crippen LogP contribution in [0.25, 0.3) is 5.65 Å². The zero-order valence-electron chi connectivity index (χ0n) is 8.57. The Morgan fingerprint density at radius 3 is 2.62 bits per heavy atom. The molecule has 0 atom stereocenters. The fourth-order valence-corrected chi connectivity index (χ4v) is 1.11. The minimum absolute atomic E-state index is 0.919. The van der Waals surface area contributed by atoms with Gasteiger partial charge in [0.1, 0.15) is 5.82 Å². The van der Waals surface area contributed by atoms with Crippen molar-refractivity contribution in [2.45, 2.75) is 27.7 Å². The van der Waals surface area contributed by atoms with E-state index in [1.54, 1.807) is 6.20 Å². The summed E-state index contributed by atoms with van der Waals surface area (Å²) >= 11 is 0. The maximum Gasteiger partial charge on any atom is 0.156 e. The molecule has 3 heteroatoms. The molecule has 2 heterocycles. The molecule has 0 aliphatic carbocycles. The quantitative estimate of drug-likeness (QED) is 0.618. The summed E-state index contributed by atoms with van der Waals surface area (Å²) in [5.74, 6) is 0.979. The predicted molar refractivity (Wildman–Crippen MR) is 53.8 cm³/mol. The molecule has 3 nitrogen and oxygen atoms in total. The van der Waals surface area contributed by atoms with Gasteiger partial charge in [-0.2, -0.15) is 0 Å². The third kappa shape index (κ3) is 1.86. The van der Waals surface area contributed by atoms with E-state index in [0.29, 0.717) is 0 Å². The van der Waals surface area contributed by atoms with Crippen LogP contribution in [0, 0.1) is 13.8 Å². The van der Waals surface area contributed by atoms with Gasteiger partial charge < -0.3 is 0 Å². The SMILES string of the molecule is CC.Cc1ccn2c(C)ncc2n1. The standard InChI is InChI=1S/C8H9N3.C2H6/c1-6-3-4-11-7(2)9-5-8(11)10-6;1-2/h3-5H,1-2H3;1-2H3. The Labute approximate surface area is 78.5 Å². The van der Waals surface area contributed by atoms with Crippen LogP contribution >= 0.6 is 0 Å². The summed E-state index contributed by atoms with van der Waals surface area (Å²) in [4.78, 5) is 8.43. The second-order valence-electron chi connectivity index (χ2n) is 2.60. The summed E-state index contributed by atoms with van der Waals surface area (Å²) in [7, 11) is 0. The van der Waals surface area contributed by atoms with Crippen LogP contribution in [-0.4, -0.2) is 14.4 Å². The lowest BCUT2D eigenvalue weighted by atomic mass is 10.4. The molecule has 0 fully saturated rings. The minimum Gasteiger partial charge on any atom is -0.288 e. The van der Waals surface area contributed by atoms with Crippen LogP contribution < -0.4 is 0 Å². The van der Waals surface area contributed by atoms with Gasteiger partial charge in [-0.25, -0.2) is 9.97 Å². The van der Waals surface area contributed by atoms with Crippen molar-refractivity contribution >= 4 is 5.65 Å². The molecular weight excluding hydrogens is 162 g/mol. The minimum atomic E-state index is 0.919. The molecule has 0 aliphatic heterocycles. The molecule has 0 N–H and O–H groups in total. The Hall–Kier alpha value is -1.38. The summed E-state index contributed by atoms with van der Waals surface area (Å²) < 4.78 is 1.97. The molecule has 70 valence electrons. The van der Waals surface area contributed by atoms with Crippen LogP contribution in [0.1, 0.15) is 25.4 Å². The molecule has 0 amide bonds. The van der Waals surface area contributed by atoms with E-state index in [4.69, 9.17) is 0 Å². The van der Waals surface area contributed by atoms with Gasteiger partial charge in [0.05, 0.1) is 6.20 Å². The van der Waals surface area contributed by atoms with Gasteiger partial charge in [0.25, 0.3) is 0 Å². The number of aryl methyl sites for hydroxylation is 2. The fraction of sp³-hybridized carbons (Fsp3) is 0.400. The van der Waals surface area contributed by atoms with E-state index in [1.165, 1.54) is 0 Å². The molecule has 0 unspecified atom stereocenters. The van der Waals surface area contributed by atoms with Crippen LogP contribution in [0.2, 0.25) is 0 Å². The van der Waals surface area contributed by atoms with Gasteiger partial charge in [-0.05, 0) is 19.9 Å². The van der Waals surface area contributed by atoms with Crippen molar-refractivity contribution in [2.75, 3.05) is 0 Å². The Balaban J connectivity index is 0.000000396. The second-order valence-corrected chi connectivity index (χ2v) is 2.60. The Morgan fingerprint density at radius 2 is 1.92 bits per heavy atom. The number of fused-ring (bicyclic) bond motifs is 1. The van der Waals surface area contributed by atoms with Crippen molar-refractivity contribution in [3.63, 3.8) is 0 Å². The van der Waals surface area contributed by atoms with E-state index in [9.17, 15) is 0 Å². The van der Waals surface area contributed by atoms with Crippen molar-refractivity contribution in [3.8, 4) is 0 Å². The lowest BCUT2D eigenvalue weighted by molar-refractivity contribution is 1.01. The molecule has 13 heavy (non-hydrogen) atoms. The van der Waals surface area contributed by atoms with E-state index >= 15 is 0 Å². The first-order valence-corrected chi connectivity index (χ1v) is 4.55. The number of rotatable bonds is 0. The lowest BCUT2D eigenvalue weighted by Crippen LogP contribution is -1.90. The number of nitrogens with zero attached hydrogens (tertiary/aromatic N) is 3. The van der Waals surface area contributed by atoms with E-state index < -0.39 is 0 Å². The van der Waals surface area contributed by atoms with E-state index in [0.717, 1.165) is 17.2 Å². The van der Waals surface area contributed by atoms with Crippen molar-refractivity contribution < 1.29 is 0 Å². The van der Waals surface area contributed by atoms with E-state index in [2.05, 4.69) is 9.97 Å². The van der Waals surface area contributed by atoms with Gasteiger partial charge in [0, 0.05) is 11.9 Å². The highest BCUT2D eigenvalue weighted by atomic mass is 15.1. The third-order valence-electron chi connectivity index (χ3n) is 1.72. The molecule has 0 aliphatic rings. The Morgan fingerprint density at radius 1 is 1.23 bits per heavy atom. The van der Waals surface area contributed by atoms with Gasteiger partial charge in [-0.1, -0.05) is 13.8 Å². The molecule has 0 spiro atoms. The first-order valence-electron chi connectivity index (χ1n) is 4.55. The largest absolute Gasteiger partial charge is 0.288 e. The topological polar surface area (TPSA) is 30.2 Å². The zero-order valence-corrected chi connectivity index (χ0v) is 8.57. The van der Waals surface area contributed by atoms with Crippen LogP contribution in [0.5, 0.6) is 0 Å². The van der Waals surface area contributed by atoms with Crippen LogP contribution in [0.15, 0.2) is 18.5 Å². The smallest absolute Gasteiger partial charge is 0.156 e. The van der Waals surface area contributed by atoms with Gasteiger partial charge in [0.15, 0.2) is 5.65 Å². The first kappa shape index (κ1) is 9.71. The van der Waals surface area contributed by atoms with Gasteiger partial charge in [0.2, 0.25) is 0 Å². The summed E-state index contributed by atoms with van der Waals surface area (Å²) in [6.45, 7) is 7.94. The summed E-state index contributed by atoms with van der Waals surface area (Å²) in [6, 6.07) is 1.97. The average Bonchev–Trinajstić information content (AvgIpc) is 2.51. The molecule has 2 aromatic heterocycles. The number of hydrogen-bond acceptors (Lipinski definition) is 2. The molecule has 2 aromatic rings. The van der Waals surface area contributed by atoms with E-state index in [-0.39, 0.29) is 0 Å². The van der Waals surface area contributed by atoms with Crippen molar-refractivity contribution in [3.05, 3.63) is 30.0 Å². The number of hydrogen-bond donors (Lipinski definition) is 0. The van der Waals surface area contributed by atoms with Gasteiger partial charge in [-0.3, -0.25) is 4.40 Å². The van der Waals surface area contributed by atoms with E-state index in [1.807, 2.05) is 44.4 Å². The second kappa shape index (κ2) is 4.03. The fourth-order valence-electron chi connectivity index (χ4n) is 1.11. The van der Waals surface area contributed by atoms with Gasteiger partial charge in [-0.15, -0.1) is 0 Å². The highest BCUT2D eigenvalue weighted by Crippen LogP contribution is 2.03. The number of imidazole rings is 1. The summed E-state index contributed by atoms with van der Waals surface area (Å²) in [5.41, 5.74) is 1.94. The van der Waals surface area contributed by atoms with Crippen LogP contribution in [0.4, 0.5) is 0 Å². The maximum absolute atomic E-state index is 4.30. The molecule has 2 rings (SSSR count). The molecule has 0 bridgehead atoms. The molecule has 0 saturated heterocycles. The highest BCUT2D eigenvalue weighted by Gasteiger charge is 1.97. The molecular formula is C10H15N3. The molecule has 0 radical (unpaired) electrons. The third-order valence-corrected chi connectivity index (χ3v) is 1.72. The van der Waals surface area contributed by atoms with Gasteiger partial charge >= 0.3 is 0 Å². The average molecular weight is 177 g/mol. The Kier molecular flexibility index (Phi) is 3.01. The normalized spacial score (nSPS) is 9.54. The maximum atomic E-state index is 4.30. The highest BCUT2D eigenvalue weighted by molar-refractivity contribution is 5.37. The van der Waals surface area contributed by atoms with Crippen LogP contribution in [-0.2, 0) is 0 Å². The Bertz CT molecular complexity index is 390. The monoisotopic (exact) mass is 177 g/mol. The summed E-state index contributed by atoms with van der Waals surface area (Å²) in [6.07, 6.45) is 3.77. The predicted octanol–water partition coefficient (Wildman–Crippen LogP) is 2.37. The molecule has 0 saturated carbocycles. The first-order chi connectivity index (χ1) is 6.27. The lowest BCUT2D eigenvalue weighted by Gasteiger charge is -1.95. The number of aromatic nitrogens is 3. The van der Waals surface area contributed by atoms with Crippen molar-refractivity contribution in [1.82, 2.24) is 14.4 Å².